The molecule has 188 valence electrons. The van der Waals surface area contributed by atoms with Crippen LogP contribution in [0.3, 0.4) is 0 Å². The number of carbonyl (C=O) groups excluding carboxylic acids is 1. The Labute approximate surface area is 208 Å². The third-order valence-corrected chi connectivity index (χ3v) is 11.3. The van der Waals surface area contributed by atoms with Gasteiger partial charge in [0.15, 0.2) is 0 Å². The van der Waals surface area contributed by atoms with Crippen LogP contribution in [0.15, 0.2) is 30.3 Å². The molecule has 34 heavy (non-hydrogen) atoms. The number of amides is 1. The van der Waals surface area contributed by atoms with E-state index < -0.39 is 0 Å². The Balaban J connectivity index is 1.28. The molecule has 0 aliphatic heterocycles. The maximum atomic E-state index is 13.7. The van der Waals surface area contributed by atoms with Crippen LogP contribution in [0, 0.1) is 46.3 Å². The summed E-state index contributed by atoms with van der Waals surface area (Å²) in [4.78, 5) is 15.7. The van der Waals surface area contributed by atoms with E-state index in [2.05, 4.69) is 45.0 Å². The molecule has 3 heteroatoms. The lowest BCUT2D eigenvalue weighted by atomic mass is 9.44. The van der Waals surface area contributed by atoms with Gasteiger partial charge in [0.2, 0.25) is 5.91 Å². The molecule has 0 heterocycles. The van der Waals surface area contributed by atoms with Crippen LogP contribution in [0.5, 0.6) is 0 Å². The van der Waals surface area contributed by atoms with Crippen LogP contribution in [0.1, 0.15) is 84.1 Å². The topological polar surface area (TPSA) is 29.5 Å². The summed E-state index contributed by atoms with van der Waals surface area (Å²) in [5.41, 5.74) is 1.94. The van der Waals surface area contributed by atoms with Gasteiger partial charge in [0, 0.05) is 32.7 Å². The fourth-order valence-corrected chi connectivity index (χ4v) is 9.39. The highest BCUT2D eigenvalue weighted by molar-refractivity contribution is 5.80. The van der Waals surface area contributed by atoms with Crippen molar-refractivity contribution in [2.45, 2.75) is 85.1 Å². The molecule has 4 aliphatic rings. The van der Waals surface area contributed by atoms with Crippen molar-refractivity contribution < 1.29 is 9.53 Å². The number of hydrogen-bond acceptors (Lipinski definition) is 2. The molecule has 4 aliphatic carbocycles. The Morgan fingerprint density at radius 2 is 1.71 bits per heavy atom. The number of ether oxygens (including phenoxy) is 1. The second-order valence-corrected chi connectivity index (χ2v) is 12.8. The fourth-order valence-electron chi connectivity index (χ4n) is 9.39. The van der Waals surface area contributed by atoms with Crippen LogP contribution in [0.2, 0.25) is 0 Å². The van der Waals surface area contributed by atoms with Crippen molar-refractivity contribution in [1.29, 1.82) is 0 Å². The Morgan fingerprint density at radius 1 is 0.971 bits per heavy atom. The highest BCUT2D eigenvalue weighted by Crippen LogP contribution is 2.67. The lowest BCUT2D eigenvalue weighted by molar-refractivity contribution is -0.147. The molecule has 1 aromatic carbocycles. The lowest BCUT2D eigenvalue weighted by Crippen LogP contribution is -2.54. The number of nitrogens with zero attached hydrogens (tertiary/aromatic N) is 1. The summed E-state index contributed by atoms with van der Waals surface area (Å²) in [6.45, 7) is 9.82. The highest BCUT2D eigenvalue weighted by atomic mass is 16.5. The molecule has 8 atom stereocenters. The van der Waals surface area contributed by atoms with Crippen molar-refractivity contribution >= 4 is 5.91 Å². The van der Waals surface area contributed by atoms with Gasteiger partial charge in [-0.3, -0.25) is 4.79 Å². The number of rotatable bonds is 6. The van der Waals surface area contributed by atoms with Crippen molar-refractivity contribution in [3.63, 3.8) is 0 Å². The van der Waals surface area contributed by atoms with Gasteiger partial charge in [-0.1, -0.05) is 44.2 Å². The summed E-state index contributed by atoms with van der Waals surface area (Å²) in [7, 11) is 2.02. The number of carbonyl (C=O) groups is 1. The quantitative estimate of drug-likeness (QED) is 0.454. The summed E-state index contributed by atoms with van der Waals surface area (Å²) in [5, 5.41) is 0. The second-order valence-electron chi connectivity index (χ2n) is 12.8. The van der Waals surface area contributed by atoms with E-state index in [-0.39, 0.29) is 11.3 Å². The van der Waals surface area contributed by atoms with E-state index in [9.17, 15) is 4.79 Å². The average Bonchev–Trinajstić information content (AvgIpc) is 3.20. The zero-order valence-corrected chi connectivity index (χ0v) is 22.1. The normalized spacial score (nSPS) is 41.3. The maximum absolute atomic E-state index is 13.7. The summed E-state index contributed by atoms with van der Waals surface area (Å²) in [6.07, 6.45) is 11.9. The van der Waals surface area contributed by atoms with Crippen molar-refractivity contribution in [3.8, 4) is 0 Å². The standard InChI is InChI=1S/C31H47NO2/c1-5-34-21-23-15-17-30(2)24(19-23)11-12-25-26-13-14-28(31(26,3)18-16-27(25)30)29(33)32(4)20-22-9-7-6-8-10-22/h6-10,23-28H,5,11-21H2,1-4H3. The largest absolute Gasteiger partial charge is 0.381 e. The molecule has 0 radical (unpaired) electrons. The van der Waals surface area contributed by atoms with Crippen molar-refractivity contribution in [1.82, 2.24) is 4.90 Å². The third kappa shape index (κ3) is 4.14. The van der Waals surface area contributed by atoms with Gasteiger partial charge in [0.25, 0.3) is 0 Å². The Bertz CT molecular complexity index is 854. The van der Waals surface area contributed by atoms with Crippen LogP contribution in [0.4, 0.5) is 0 Å². The predicted octanol–water partition coefficient (Wildman–Crippen LogP) is 6.96. The first-order chi connectivity index (χ1) is 16.4. The van der Waals surface area contributed by atoms with E-state index in [1.807, 2.05) is 18.0 Å². The Morgan fingerprint density at radius 3 is 2.47 bits per heavy atom. The van der Waals surface area contributed by atoms with E-state index in [1.54, 1.807) is 0 Å². The van der Waals surface area contributed by atoms with E-state index in [1.165, 1.54) is 56.9 Å². The van der Waals surface area contributed by atoms with Gasteiger partial charge in [-0.2, -0.15) is 0 Å². The van der Waals surface area contributed by atoms with Gasteiger partial charge in [-0.25, -0.2) is 0 Å². The predicted molar refractivity (Wildman–Crippen MR) is 138 cm³/mol. The van der Waals surface area contributed by atoms with Crippen molar-refractivity contribution in [2.75, 3.05) is 20.3 Å². The van der Waals surface area contributed by atoms with Gasteiger partial charge in [-0.15, -0.1) is 0 Å². The summed E-state index contributed by atoms with van der Waals surface area (Å²) < 4.78 is 5.82. The smallest absolute Gasteiger partial charge is 0.226 e. The summed E-state index contributed by atoms with van der Waals surface area (Å²) in [6, 6.07) is 10.5. The van der Waals surface area contributed by atoms with Gasteiger partial charge >= 0.3 is 0 Å². The molecule has 4 fully saturated rings. The zero-order chi connectivity index (χ0) is 23.9. The first-order valence-electron chi connectivity index (χ1n) is 14.2. The fraction of sp³-hybridized carbons (Fsp3) is 0.774. The second kappa shape index (κ2) is 9.60. The lowest BCUT2D eigenvalue weighted by Gasteiger charge is -2.61. The molecule has 1 amide bonds. The first kappa shape index (κ1) is 24.3. The third-order valence-electron chi connectivity index (χ3n) is 11.3. The van der Waals surface area contributed by atoms with Gasteiger partial charge < -0.3 is 9.64 Å². The van der Waals surface area contributed by atoms with Gasteiger partial charge in [0.1, 0.15) is 0 Å². The molecular weight excluding hydrogens is 418 g/mol. The Kier molecular flexibility index (Phi) is 6.88. The number of benzene rings is 1. The molecule has 1 aromatic rings. The minimum Gasteiger partial charge on any atom is -0.381 e. The first-order valence-corrected chi connectivity index (χ1v) is 14.2. The average molecular weight is 466 g/mol. The molecular formula is C31H47NO2. The van der Waals surface area contributed by atoms with E-state index in [0.717, 1.165) is 55.8 Å². The molecule has 3 nitrogen and oxygen atoms in total. The summed E-state index contributed by atoms with van der Waals surface area (Å²) >= 11 is 0. The minimum absolute atomic E-state index is 0.193. The van der Waals surface area contributed by atoms with Crippen molar-refractivity contribution in [3.05, 3.63) is 35.9 Å². The molecule has 0 aromatic heterocycles. The van der Waals surface area contributed by atoms with Crippen LogP contribution in [-0.4, -0.2) is 31.1 Å². The number of hydrogen-bond donors (Lipinski definition) is 0. The number of fused-ring (bicyclic) bond motifs is 5. The highest BCUT2D eigenvalue weighted by Gasteiger charge is 2.61. The molecule has 0 N–H and O–H groups in total. The SMILES string of the molecule is CCOCC1CCC2(C)C(CCC3C2CCC2(C)C(C(=O)N(C)Cc4ccccc4)CCC32)C1. The minimum atomic E-state index is 0.193. The molecule has 4 saturated carbocycles. The van der Waals surface area contributed by atoms with Gasteiger partial charge in [0.05, 0.1) is 0 Å². The zero-order valence-electron chi connectivity index (χ0n) is 22.1. The molecule has 0 bridgehead atoms. The van der Waals surface area contributed by atoms with Crippen LogP contribution < -0.4 is 0 Å². The Hall–Kier alpha value is -1.35. The monoisotopic (exact) mass is 465 g/mol. The van der Waals surface area contributed by atoms with E-state index in [0.29, 0.717) is 11.3 Å². The van der Waals surface area contributed by atoms with E-state index in [4.69, 9.17) is 4.74 Å². The maximum Gasteiger partial charge on any atom is 0.226 e. The molecule has 8 unspecified atom stereocenters. The van der Waals surface area contributed by atoms with E-state index >= 15 is 0 Å². The van der Waals surface area contributed by atoms with Crippen molar-refractivity contribution in [2.24, 2.45) is 46.3 Å². The van der Waals surface area contributed by atoms with Crippen LogP contribution in [-0.2, 0) is 16.1 Å². The van der Waals surface area contributed by atoms with Gasteiger partial charge in [-0.05, 0) is 111 Å². The molecule has 0 spiro atoms. The van der Waals surface area contributed by atoms with Crippen LogP contribution in [0.25, 0.3) is 0 Å². The molecule has 5 rings (SSSR count). The van der Waals surface area contributed by atoms with Crippen LogP contribution >= 0.6 is 0 Å². The molecule has 0 saturated heterocycles. The summed E-state index contributed by atoms with van der Waals surface area (Å²) in [5.74, 6) is 4.70.